The van der Waals surface area contributed by atoms with Gasteiger partial charge in [0, 0.05) is 12.8 Å². The van der Waals surface area contributed by atoms with Gasteiger partial charge in [-0.15, -0.1) is 0 Å². The van der Waals surface area contributed by atoms with Gasteiger partial charge in [0.25, 0.3) is 0 Å². The Balaban J connectivity index is 0.000000231. The van der Waals surface area contributed by atoms with Gasteiger partial charge in [-0.2, -0.15) is 5.26 Å². The SMILES string of the molecule is N#CC(O)Cc1ccccc1.O=C(O)[C@@H](O)Cc1ccccc1. The first-order valence-electron chi connectivity index (χ1n) is 7.09. The van der Waals surface area contributed by atoms with Crippen molar-refractivity contribution in [1.29, 1.82) is 5.26 Å². The van der Waals surface area contributed by atoms with E-state index in [-0.39, 0.29) is 6.42 Å². The van der Waals surface area contributed by atoms with Crippen LogP contribution in [0.25, 0.3) is 0 Å². The third-order valence-corrected chi connectivity index (χ3v) is 2.98. The van der Waals surface area contributed by atoms with Gasteiger partial charge in [-0.25, -0.2) is 4.79 Å². The van der Waals surface area contributed by atoms with Crippen LogP contribution in [0.3, 0.4) is 0 Å². The number of aliphatic carboxylic acids is 1. The maximum atomic E-state index is 10.3. The number of carboxylic acids is 1. The zero-order valence-corrected chi connectivity index (χ0v) is 12.5. The summed E-state index contributed by atoms with van der Waals surface area (Å²) in [5.41, 5.74) is 1.81. The van der Waals surface area contributed by atoms with Gasteiger partial charge in [-0.05, 0) is 11.1 Å². The Morgan fingerprint density at radius 2 is 1.35 bits per heavy atom. The van der Waals surface area contributed by atoms with E-state index in [0.29, 0.717) is 6.42 Å². The van der Waals surface area contributed by atoms with E-state index in [9.17, 15) is 4.79 Å². The first kappa shape index (κ1) is 18.4. The predicted octanol–water partition coefficient (Wildman–Crippen LogP) is 1.79. The van der Waals surface area contributed by atoms with E-state index in [1.807, 2.05) is 48.5 Å². The summed E-state index contributed by atoms with van der Waals surface area (Å²) in [6.45, 7) is 0. The molecule has 0 saturated carbocycles. The molecule has 3 N–H and O–H groups in total. The second-order valence-corrected chi connectivity index (χ2v) is 4.88. The van der Waals surface area contributed by atoms with Crippen LogP contribution < -0.4 is 0 Å². The lowest BCUT2D eigenvalue weighted by atomic mass is 10.1. The van der Waals surface area contributed by atoms with Crippen molar-refractivity contribution in [3.63, 3.8) is 0 Å². The highest BCUT2D eigenvalue weighted by Gasteiger charge is 2.12. The molecule has 0 saturated heterocycles. The quantitative estimate of drug-likeness (QED) is 0.730. The van der Waals surface area contributed by atoms with Gasteiger partial charge in [0.15, 0.2) is 6.10 Å². The second-order valence-electron chi connectivity index (χ2n) is 4.88. The van der Waals surface area contributed by atoms with Crippen molar-refractivity contribution in [1.82, 2.24) is 0 Å². The summed E-state index contributed by atoms with van der Waals surface area (Å²) in [6.07, 6.45) is -1.60. The lowest BCUT2D eigenvalue weighted by Gasteiger charge is -2.03. The highest BCUT2D eigenvalue weighted by atomic mass is 16.4. The van der Waals surface area contributed by atoms with Crippen LogP contribution in [0.5, 0.6) is 0 Å². The van der Waals surface area contributed by atoms with Crippen LogP contribution in [0, 0.1) is 11.3 Å². The number of aliphatic hydroxyl groups is 2. The molecule has 2 aromatic rings. The molecule has 120 valence electrons. The van der Waals surface area contributed by atoms with Crippen LogP contribution in [0.4, 0.5) is 0 Å². The van der Waals surface area contributed by atoms with Crippen LogP contribution in [0.15, 0.2) is 60.7 Å². The Morgan fingerprint density at radius 3 is 1.74 bits per heavy atom. The molecular formula is C18H19NO4. The predicted molar refractivity (Wildman–Crippen MR) is 85.6 cm³/mol. The second kappa shape index (κ2) is 10.1. The van der Waals surface area contributed by atoms with E-state index in [4.69, 9.17) is 20.6 Å². The number of carbonyl (C=O) groups is 1. The van der Waals surface area contributed by atoms with Crippen molar-refractivity contribution < 1.29 is 20.1 Å². The molecule has 5 heteroatoms. The van der Waals surface area contributed by atoms with Crippen LogP contribution in [-0.2, 0) is 17.6 Å². The Labute approximate surface area is 135 Å². The zero-order valence-electron chi connectivity index (χ0n) is 12.5. The first-order valence-corrected chi connectivity index (χ1v) is 7.09. The number of nitrogens with zero attached hydrogens (tertiary/aromatic N) is 1. The molecule has 2 atom stereocenters. The van der Waals surface area contributed by atoms with E-state index in [0.717, 1.165) is 11.1 Å². The topological polar surface area (TPSA) is 102 Å². The molecule has 23 heavy (non-hydrogen) atoms. The van der Waals surface area contributed by atoms with Crippen LogP contribution >= 0.6 is 0 Å². The lowest BCUT2D eigenvalue weighted by molar-refractivity contribution is -0.146. The third kappa shape index (κ3) is 7.77. The van der Waals surface area contributed by atoms with E-state index in [1.165, 1.54) is 0 Å². The molecule has 0 heterocycles. The van der Waals surface area contributed by atoms with Crippen molar-refractivity contribution >= 4 is 5.97 Å². The molecule has 0 spiro atoms. The fourth-order valence-corrected chi connectivity index (χ4v) is 1.81. The highest BCUT2D eigenvalue weighted by molar-refractivity contribution is 5.72. The molecule has 5 nitrogen and oxygen atoms in total. The fourth-order valence-electron chi connectivity index (χ4n) is 1.81. The summed E-state index contributed by atoms with van der Waals surface area (Å²) < 4.78 is 0. The molecular weight excluding hydrogens is 294 g/mol. The van der Waals surface area contributed by atoms with Crippen LogP contribution in [0.2, 0.25) is 0 Å². The molecule has 0 aliphatic carbocycles. The molecule has 2 rings (SSSR count). The molecule has 0 aliphatic rings. The van der Waals surface area contributed by atoms with E-state index in [2.05, 4.69) is 0 Å². The van der Waals surface area contributed by atoms with Crippen molar-refractivity contribution in [2.45, 2.75) is 25.0 Å². The average Bonchev–Trinajstić information content (AvgIpc) is 2.57. The molecule has 0 aliphatic heterocycles. The number of hydrogen-bond acceptors (Lipinski definition) is 4. The molecule has 2 aromatic carbocycles. The largest absolute Gasteiger partial charge is 0.479 e. The standard InChI is InChI=1S/C9H9NO.C9H10O3/c10-7-9(11)6-8-4-2-1-3-5-8;10-8(9(11)12)6-7-4-2-1-3-5-7/h1-5,9,11H,6H2;1-5,8,10H,6H2,(H,11,12)/t;8-/m.0/s1. The lowest BCUT2D eigenvalue weighted by Crippen LogP contribution is -2.21. The fraction of sp³-hybridized carbons (Fsp3) is 0.222. The van der Waals surface area contributed by atoms with Gasteiger partial charge >= 0.3 is 5.97 Å². The molecule has 1 unspecified atom stereocenters. The summed E-state index contributed by atoms with van der Waals surface area (Å²) in [7, 11) is 0. The molecule has 0 aromatic heterocycles. The third-order valence-electron chi connectivity index (χ3n) is 2.98. The smallest absolute Gasteiger partial charge is 0.332 e. The van der Waals surface area contributed by atoms with E-state index >= 15 is 0 Å². The van der Waals surface area contributed by atoms with Gasteiger partial charge in [0.1, 0.15) is 6.10 Å². The van der Waals surface area contributed by atoms with Crippen LogP contribution in [-0.4, -0.2) is 33.5 Å². The van der Waals surface area contributed by atoms with Crippen molar-refractivity contribution in [3.05, 3.63) is 71.8 Å². The van der Waals surface area contributed by atoms with Gasteiger partial charge < -0.3 is 15.3 Å². The molecule has 0 amide bonds. The minimum absolute atomic E-state index is 0.163. The van der Waals surface area contributed by atoms with Gasteiger partial charge in [0.2, 0.25) is 0 Å². The molecule has 0 bridgehead atoms. The van der Waals surface area contributed by atoms with Gasteiger partial charge in [-0.3, -0.25) is 0 Å². The van der Waals surface area contributed by atoms with Crippen molar-refractivity contribution in [2.24, 2.45) is 0 Å². The number of carboxylic acid groups (broad SMARTS) is 1. The Bertz CT molecular complexity index is 622. The highest BCUT2D eigenvalue weighted by Crippen LogP contribution is 2.03. The summed E-state index contributed by atoms with van der Waals surface area (Å²) in [4.78, 5) is 10.3. The first-order chi connectivity index (χ1) is 11.0. The number of nitriles is 1. The molecule has 0 radical (unpaired) electrons. The van der Waals surface area contributed by atoms with Crippen molar-refractivity contribution in [3.8, 4) is 6.07 Å². The maximum Gasteiger partial charge on any atom is 0.332 e. The number of hydrogen-bond donors (Lipinski definition) is 3. The Kier molecular flexibility index (Phi) is 8.08. The number of benzene rings is 2. The molecule has 0 fully saturated rings. The summed E-state index contributed by atoms with van der Waals surface area (Å²) in [5.74, 6) is -1.18. The average molecular weight is 313 g/mol. The van der Waals surface area contributed by atoms with E-state index in [1.54, 1.807) is 18.2 Å². The van der Waals surface area contributed by atoms with Crippen molar-refractivity contribution in [2.75, 3.05) is 0 Å². The maximum absolute atomic E-state index is 10.3. The number of rotatable bonds is 5. The number of aliphatic hydroxyl groups excluding tert-OH is 2. The summed E-state index contributed by atoms with van der Waals surface area (Å²) in [5, 5.41) is 34.6. The van der Waals surface area contributed by atoms with Crippen LogP contribution in [0.1, 0.15) is 11.1 Å². The Morgan fingerprint density at radius 1 is 0.913 bits per heavy atom. The summed E-state index contributed by atoms with van der Waals surface area (Å²) in [6, 6.07) is 20.3. The minimum atomic E-state index is -1.30. The monoisotopic (exact) mass is 313 g/mol. The van der Waals surface area contributed by atoms with E-state index < -0.39 is 18.2 Å². The normalized spacial score (nSPS) is 12.2. The van der Waals surface area contributed by atoms with Gasteiger partial charge in [-0.1, -0.05) is 60.7 Å². The Hall–Kier alpha value is -2.68. The zero-order chi connectivity index (χ0) is 17.1. The summed E-state index contributed by atoms with van der Waals surface area (Å²) >= 11 is 0. The van der Waals surface area contributed by atoms with Gasteiger partial charge in [0.05, 0.1) is 6.07 Å². The minimum Gasteiger partial charge on any atom is -0.479 e.